The lowest BCUT2D eigenvalue weighted by Crippen LogP contribution is -2.54. The zero-order valence-corrected chi connectivity index (χ0v) is 17.8. The molecule has 5 nitrogen and oxygen atoms in total. The van der Waals surface area contributed by atoms with Gasteiger partial charge in [0.05, 0.1) is 6.61 Å². The third kappa shape index (κ3) is 4.35. The summed E-state index contributed by atoms with van der Waals surface area (Å²) in [4.78, 5) is 29.8. The van der Waals surface area contributed by atoms with Crippen LogP contribution in [0.5, 0.6) is 0 Å². The number of ether oxygens (including phenoxy) is 1. The summed E-state index contributed by atoms with van der Waals surface area (Å²) in [6, 6.07) is 9.12. The molecule has 4 rings (SSSR count). The molecule has 5 heteroatoms. The topological polar surface area (TPSA) is 49.9 Å². The maximum absolute atomic E-state index is 12.8. The van der Waals surface area contributed by atoms with Crippen LogP contribution in [0, 0.1) is 12.8 Å². The summed E-state index contributed by atoms with van der Waals surface area (Å²) in [5, 5.41) is 0. The van der Waals surface area contributed by atoms with Crippen molar-refractivity contribution in [2.24, 2.45) is 5.92 Å². The van der Waals surface area contributed by atoms with Crippen LogP contribution in [0.4, 0.5) is 4.79 Å². The van der Waals surface area contributed by atoms with Crippen molar-refractivity contribution < 1.29 is 14.3 Å². The van der Waals surface area contributed by atoms with Crippen molar-refractivity contribution in [1.82, 2.24) is 9.80 Å². The number of carbonyl (C=O) groups is 2. The summed E-state index contributed by atoms with van der Waals surface area (Å²) in [7, 11) is 0. The monoisotopic (exact) mass is 398 g/mol. The van der Waals surface area contributed by atoms with Gasteiger partial charge in [-0.2, -0.15) is 0 Å². The zero-order chi connectivity index (χ0) is 20.4. The van der Waals surface area contributed by atoms with Gasteiger partial charge in [-0.05, 0) is 70.4 Å². The second-order valence-corrected chi connectivity index (χ2v) is 9.06. The number of fused-ring (bicyclic) bond motifs is 2. The summed E-state index contributed by atoms with van der Waals surface area (Å²) in [6.45, 7) is 6.48. The first-order valence-corrected chi connectivity index (χ1v) is 11.3. The molecule has 0 spiro atoms. The Morgan fingerprint density at radius 1 is 1.07 bits per heavy atom. The standard InChI is InChI=1S/C24H34N2O3/c1-3-29-24(28)26-19-10-11-20(26)15-21(14-19)25-12-6-8-18(16-25)13-23(27)22-9-5-4-7-17(22)2/h4-5,7,9,18-21H,3,6,8,10-16H2,1-2H3/t18-,19?,20?,21?/m0/s1. The van der Waals surface area contributed by atoms with E-state index in [9.17, 15) is 9.59 Å². The number of Topliss-reactive ketones (excluding diaryl/α,β-unsaturated/α-hetero) is 1. The van der Waals surface area contributed by atoms with E-state index < -0.39 is 0 Å². The minimum atomic E-state index is -0.126. The van der Waals surface area contributed by atoms with Crippen molar-refractivity contribution in [3.05, 3.63) is 35.4 Å². The van der Waals surface area contributed by atoms with Crippen molar-refractivity contribution in [2.75, 3.05) is 19.7 Å². The fourth-order valence-corrected chi connectivity index (χ4v) is 5.80. The average molecular weight is 399 g/mol. The predicted octanol–water partition coefficient (Wildman–Crippen LogP) is 4.43. The van der Waals surface area contributed by atoms with Crippen molar-refractivity contribution in [2.45, 2.75) is 76.9 Å². The number of nitrogens with zero attached hydrogens (tertiary/aromatic N) is 2. The molecule has 0 saturated carbocycles. The Labute approximate surface area is 174 Å². The fourth-order valence-electron chi connectivity index (χ4n) is 5.80. The molecule has 3 atom stereocenters. The van der Waals surface area contributed by atoms with Crippen molar-refractivity contribution in [3.8, 4) is 0 Å². The van der Waals surface area contributed by atoms with Gasteiger partial charge in [-0.15, -0.1) is 0 Å². The van der Waals surface area contributed by atoms with E-state index in [1.54, 1.807) is 0 Å². The van der Waals surface area contributed by atoms with Crippen LogP contribution < -0.4 is 0 Å². The quantitative estimate of drug-likeness (QED) is 0.689. The molecule has 158 valence electrons. The normalized spacial score (nSPS) is 29.7. The summed E-state index contributed by atoms with van der Waals surface area (Å²) >= 11 is 0. The Morgan fingerprint density at radius 3 is 2.48 bits per heavy atom. The number of piperidine rings is 2. The molecular formula is C24H34N2O3. The Morgan fingerprint density at radius 2 is 1.79 bits per heavy atom. The van der Waals surface area contributed by atoms with Crippen molar-refractivity contribution in [3.63, 3.8) is 0 Å². The van der Waals surface area contributed by atoms with Crippen LogP contribution in [0.15, 0.2) is 24.3 Å². The lowest BCUT2D eigenvalue weighted by Gasteiger charge is -2.45. The molecule has 3 heterocycles. The number of hydrogen-bond acceptors (Lipinski definition) is 4. The highest BCUT2D eigenvalue weighted by atomic mass is 16.6. The summed E-state index contributed by atoms with van der Waals surface area (Å²) in [5.74, 6) is 0.726. The molecule has 2 bridgehead atoms. The number of hydrogen-bond donors (Lipinski definition) is 0. The molecule has 0 N–H and O–H groups in total. The highest BCUT2D eigenvalue weighted by Crippen LogP contribution is 2.39. The molecule has 1 aromatic carbocycles. The van der Waals surface area contributed by atoms with E-state index in [2.05, 4.69) is 4.90 Å². The number of benzene rings is 1. The Bertz CT molecular complexity index is 735. The van der Waals surface area contributed by atoms with Gasteiger partial charge in [0.2, 0.25) is 0 Å². The number of rotatable bonds is 5. The summed E-state index contributed by atoms with van der Waals surface area (Å²) in [6.07, 6.45) is 7.13. The fraction of sp³-hybridized carbons (Fsp3) is 0.667. The molecule has 29 heavy (non-hydrogen) atoms. The van der Waals surface area contributed by atoms with Gasteiger partial charge in [0.15, 0.2) is 5.78 Å². The van der Waals surface area contributed by atoms with Crippen LogP contribution in [0.1, 0.15) is 67.8 Å². The van der Waals surface area contributed by atoms with Gasteiger partial charge < -0.3 is 9.64 Å². The van der Waals surface area contributed by atoms with E-state index in [1.807, 2.05) is 43.0 Å². The average Bonchev–Trinajstić information content (AvgIpc) is 2.98. The maximum Gasteiger partial charge on any atom is 0.410 e. The molecule has 0 radical (unpaired) electrons. The first kappa shape index (κ1) is 20.4. The van der Waals surface area contributed by atoms with E-state index in [-0.39, 0.29) is 11.9 Å². The third-order valence-corrected chi connectivity index (χ3v) is 7.17. The molecule has 3 saturated heterocycles. The Kier molecular flexibility index (Phi) is 6.23. The molecule has 3 fully saturated rings. The first-order valence-electron chi connectivity index (χ1n) is 11.3. The van der Waals surface area contributed by atoms with E-state index in [0.717, 1.165) is 56.3 Å². The minimum Gasteiger partial charge on any atom is -0.450 e. The highest BCUT2D eigenvalue weighted by molar-refractivity contribution is 5.97. The van der Waals surface area contributed by atoms with Gasteiger partial charge >= 0.3 is 6.09 Å². The van der Waals surface area contributed by atoms with Crippen molar-refractivity contribution in [1.29, 1.82) is 0 Å². The molecule has 0 aliphatic carbocycles. The number of aryl methyl sites for hydroxylation is 1. The van der Waals surface area contributed by atoms with Gasteiger partial charge in [0.25, 0.3) is 0 Å². The number of ketones is 1. The van der Waals surface area contributed by atoms with Gasteiger partial charge in [0, 0.05) is 36.7 Å². The maximum atomic E-state index is 12.8. The largest absolute Gasteiger partial charge is 0.450 e. The zero-order valence-electron chi connectivity index (χ0n) is 17.8. The molecule has 1 aromatic rings. The Hall–Kier alpha value is -1.88. The van der Waals surface area contributed by atoms with Crippen LogP contribution in [0.3, 0.4) is 0 Å². The van der Waals surface area contributed by atoms with Gasteiger partial charge in [-0.25, -0.2) is 4.79 Å². The molecule has 1 amide bonds. The van der Waals surface area contributed by atoms with Crippen LogP contribution in [0.25, 0.3) is 0 Å². The lowest BCUT2D eigenvalue weighted by molar-refractivity contribution is 0.0267. The number of amides is 1. The first-order chi connectivity index (χ1) is 14.1. The van der Waals surface area contributed by atoms with Gasteiger partial charge in [-0.3, -0.25) is 9.69 Å². The lowest BCUT2D eigenvalue weighted by atomic mass is 9.87. The second-order valence-electron chi connectivity index (χ2n) is 9.06. The summed E-state index contributed by atoms with van der Waals surface area (Å²) in [5.41, 5.74) is 1.96. The van der Waals surface area contributed by atoms with Crippen LogP contribution in [-0.4, -0.2) is 59.5 Å². The van der Waals surface area contributed by atoms with Gasteiger partial charge in [-0.1, -0.05) is 24.3 Å². The van der Waals surface area contributed by atoms with Crippen molar-refractivity contribution >= 4 is 11.9 Å². The van der Waals surface area contributed by atoms with Crippen LogP contribution >= 0.6 is 0 Å². The van der Waals surface area contributed by atoms with E-state index in [0.29, 0.717) is 37.1 Å². The van der Waals surface area contributed by atoms with E-state index in [1.165, 1.54) is 6.42 Å². The molecule has 3 aliphatic rings. The molecule has 2 unspecified atom stereocenters. The predicted molar refractivity (Wildman–Crippen MR) is 113 cm³/mol. The molecule has 3 aliphatic heterocycles. The van der Waals surface area contributed by atoms with Crippen LogP contribution in [-0.2, 0) is 4.74 Å². The minimum absolute atomic E-state index is 0.126. The molecule has 0 aromatic heterocycles. The van der Waals surface area contributed by atoms with E-state index >= 15 is 0 Å². The van der Waals surface area contributed by atoms with Crippen LogP contribution in [0.2, 0.25) is 0 Å². The number of likely N-dealkylation sites (tertiary alicyclic amines) is 1. The molecular weight excluding hydrogens is 364 g/mol. The summed E-state index contributed by atoms with van der Waals surface area (Å²) < 4.78 is 5.29. The SMILES string of the molecule is CCOC(=O)N1C2CCC1CC(N1CCC[C@@H](CC(=O)c3ccccc3C)C1)C2. The van der Waals surface area contributed by atoms with E-state index in [4.69, 9.17) is 4.74 Å². The highest BCUT2D eigenvalue weighted by Gasteiger charge is 2.45. The second kappa shape index (κ2) is 8.86. The Balaban J connectivity index is 1.35. The smallest absolute Gasteiger partial charge is 0.410 e. The number of carbonyl (C=O) groups excluding carboxylic acids is 2. The third-order valence-electron chi connectivity index (χ3n) is 7.17. The van der Waals surface area contributed by atoms with Gasteiger partial charge in [0.1, 0.15) is 0 Å².